The molecule has 2 aromatic rings. The fourth-order valence-corrected chi connectivity index (χ4v) is 1.75. The van der Waals surface area contributed by atoms with Crippen molar-refractivity contribution in [2.24, 2.45) is 0 Å². The Morgan fingerprint density at radius 3 is 2.69 bits per heavy atom. The lowest BCUT2D eigenvalue weighted by Crippen LogP contribution is -1.98. The first-order chi connectivity index (χ1) is 7.59. The van der Waals surface area contributed by atoms with Crippen molar-refractivity contribution in [3.8, 4) is 11.1 Å². The average molecular weight is 240 g/mol. The molecule has 0 saturated heterocycles. The van der Waals surface area contributed by atoms with Gasteiger partial charge in [0.25, 0.3) is 0 Å². The number of carboxylic acid groups (broad SMARTS) is 1. The number of rotatable bonds is 2. The Labute approximate surface area is 95.5 Å². The highest BCUT2D eigenvalue weighted by Crippen LogP contribution is 2.30. The summed E-state index contributed by atoms with van der Waals surface area (Å²) >= 11 is 5.85. The lowest BCUT2D eigenvalue weighted by molar-refractivity contribution is 0.0692. The van der Waals surface area contributed by atoms with E-state index in [0.29, 0.717) is 11.1 Å². The van der Waals surface area contributed by atoms with E-state index in [1.165, 1.54) is 18.3 Å². The van der Waals surface area contributed by atoms with Crippen LogP contribution in [0.25, 0.3) is 11.1 Å². The van der Waals surface area contributed by atoms with Crippen molar-refractivity contribution in [2.45, 2.75) is 0 Å². The van der Waals surface area contributed by atoms with Gasteiger partial charge in [0.05, 0.1) is 5.02 Å². The van der Waals surface area contributed by atoms with Crippen LogP contribution in [0.1, 0.15) is 10.5 Å². The minimum atomic E-state index is -1.08. The van der Waals surface area contributed by atoms with Gasteiger partial charge in [0, 0.05) is 17.3 Å². The molecule has 0 amide bonds. The van der Waals surface area contributed by atoms with Crippen LogP contribution in [-0.4, -0.2) is 16.1 Å². The maximum Gasteiger partial charge on any atom is 0.352 e. The zero-order valence-electron chi connectivity index (χ0n) is 8.00. The maximum atomic E-state index is 12.8. The first kappa shape index (κ1) is 10.7. The van der Waals surface area contributed by atoms with Crippen LogP contribution in [0.5, 0.6) is 0 Å². The summed E-state index contributed by atoms with van der Waals surface area (Å²) in [5.41, 5.74) is 0.965. The zero-order chi connectivity index (χ0) is 11.7. The molecule has 3 nitrogen and oxygen atoms in total. The zero-order valence-corrected chi connectivity index (χ0v) is 8.75. The van der Waals surface area contributed by atoms with Gasteiger partial charge in [-0.25, -0.2) is 9.18 Å². The van der Waals surface area contributed by atoms with Gasteiger partial charge in [0.1, 0.15) is 11.5 Å². The minimum Gasteiger partial charge on any atom is -0.477 e. The van der Waals surface area contributed by atoms with E-state index in [1.54, 1.807) is 6.07 Å². The predicted molar refractivity (Wildman–Crippen MR) is 58.2 cm³/mol. The summed E-state index contributed by atoms with van der Waals surface area (Å²) in [5, 5.41) is 9.10. The van der Waals surface area contributed by atoms with E-state index < -0.39 is 11.8 Å². The first-order valence-electron chi connectivity index (χ1n) is 4.45. The van der Waals surface area contributed by atoms with Gasteiger partial charge in [0.15, 0.2) is 0 Å². The molecule has 2 rings (SSSR count). The number of H-pyrrole nitrogens is 1. The Kier molecular flexibility index (Phi) is 2.66. The standard InChI is InChI=1S/C11H7ClFNO2/c12-9-5-6(13)1-2-7(9)8-3-4-14-10(8)11(15)16/h1-5,14H,(H,15,16). The summed E-state index contributed by atoms with van der Waals surface area (Å²) < 4.78 is 12.8. The second-order valence-electron chi connectivity index (χ2n) is 3.20. The van der Waals surface area contributed by atoms with Gasteiger partial charge in [-0.05, 0) is 24.3 Å². The fraction of sp³-hybridized carbons (Fsp3) is 0. The first-order valence-corrected chi connectivity index (χ1v) is 4.83. The Hall–Kier alpha value is -1.81. The van der Waals surface area contributed by atoms with Crippen molar-refractivity contribution < 1.29 is 14.3 Å². The third kappa shape index (κ3) is 1.79. The Bertz CT molecular complexity index is 551. The molecule has 0 saturated carbocycles. The van der Waals surface area contributed by atoms with Crippen LogP contribution >= 0.6 is 11.6 Å². The van der Waals surface area contributed by atoms with Gasteiger partial charge in [-0.1, -0.05) is 11.6 Å². The summed E-state index contributed by atoms with van der Waals surface area (Å²) in [4.78, 5) is 13.5. The number of hydrogen-bond donors (Lipinski definition) is 2. The highest BCUT2D eigenvalue weighted by atomic mass is 35.5. The number of hydrogen-bond acceptors (Lipinski definition) is 1. The van der Waals surface area contributed by atoms with Gasteiger partial charge in [-0.15, -0.1) is 0 Å². The second-order valence-corrected chi connectivity index (χ2v) is 3.60. The molecule has 1 heterocycles. The van der Waals surface area contributed by atoms with Gasteiger partial charge >= 0.3 is 5.97 Å². The van der Waals surface area contributed by atoms with Crippen LogP contribution in [0.15, 0.2) is 30.5 Å². The largest absolute Gasteiger partial charge is 0.477 e. The number of carboxylic acids is 1. The Balaban J connectivity index is 2.59. The van der Waals surface area contributed by atoms with E-state index in [9.17, 15) is 9.18 Å². The van der Waals surface area contributed by atoms with Gasteiger partial charge in [0.2, 0.25) is 0 Å². The molecule has 0 aliphatic carbocycles. The molecule has 0 atom stereocenters. The van der Waals surface area contributed by atoms with Crippen molar-refractivity contribution in [3.63, 3.8) is 0 Å². The van der Waals surface area contributed by atoms with E-state index >= 15 is 0 Å². The van der Waals surface area contributed by atoms with Gasteiger partial charge in [-0.3, -0.25) is 0 Å². The number of aromatic nitrogens is 1. The molecular weight excluding hydrogens is 233 g/mol. The molecule has 1 aromatic carbocycles. The van der Waals surface area contributed by atoms with E-state index in [4.69, 9.17) is 16.7 Å². The Morgan fingerprint density at radius 1 is 1.31 bits per heavy atom. The molecule has 2 N–H and O–H groups in total. The van der Waals surface area contributed by atoms with Crippen LogP contribution in [-0.2, 0) is 0 Å². The molecule has 1 aromatic heterocycles. The molecule has 0 spiro atoms. The summed E-state index contributed by atoms with van der Waals surface area (Å²) in [6, 6.07) is 5.42. The molecule has 0 fully saturated rings. The van der Waals surface area contributed by atoms with Crippen molar-refractivity contribution >= 4 is 17.6 Å². The molecule has 0 radical (unpaired) electrons. The highest BCUT2D eigenvalue weighted by Gasteiger charge is 2.15. The van der Waals surface area contributed by atoms with Crippen molar-refractivity contribution in [3.05, 3.63) is 47.0 Å². The molecule has 0 aliphatic heterocycles. The third-order valence-corrected chi connectivity index (χ3v) is 2.49. The molecule has 82 valence electrons. The van der Waals surface area contributed by atoms with Gasteiger partial charge in [-0.2, -0.15) is 0 Å². The quantitative estimate of drug-likeness (QED) is 0.846. The third-order valence-electron chi connectivity index (χ3n) is 2.18. The lowest BCUT2D eigenvalue weighted by Gasteiger charge is -2.03. The summed E-state index contributed by atoms with van der Waals surface area (Å²) in [7, 11) is 0. The van der Waals surface area contributed by atoms with Crippen molar-refractivity contribution in [1.82, 2.24) is 4.98 Å². The highest BCUT2D eigenvalue weighted by molar-refractivity contribution is 6.33. The van der Waals surface area contributed by atoms with E-state index in [-0.39, 0.29) is 10.7 Å². The fourth-order valence-electron chi connectivity index (χ4n) is 1.48. The van der Waals surface area contributed by atoms with Crippen LogP contribution < -0.4 is 0 Å². The number of aromatic amines is 1. The number of benzene rings is 1. The summed E-state index contributed by atoms with van der Waals surface area (Å²) in [6.07, 6.45) is 1.50. The predicted octanol–water partition coefficient (Wildman–Crippen LogP) is 3.17. The van der Waals surface area contributed by atoms with E-state index in [2.05, 4.69) is 4.98 Å². The van der Waals surface area contributed by atoms with Crippen LogP contribution in [0, 0.1) is 5.82 Å². The lowest BCUT2D eigenvalue weighted by atomic mass is 10.1. The normalized spacial score (nSPS) is 10.4. The minimum absolute atomic E-state index is 0.0357. The number of halogens is 2. The Morgan fingerprint density at radius 2 is 2.06 bits per heavy atom. The second kappa shape index (κ2) is 3.98. The van der Waals surface area contributed by atoms with Crippen LogP contribution in [0.4, 0.5) is 4.39 Å². The molecule has 0 unspecified atom stereocenters. The summed E-state index contributed by atoms with van der Waals surface area (Å²) in [6.45, 7) is 0. The molecule has 0 bridgehead atoms. The number of nitrogens with one attached hydrogen (secondary N) is 1. The monoisotopic (exact) mass is 239 g/mol. The molecular formula is C11H7ClFNO2. The number of aromatic carboxylic acids is 1. The summed E-state index contributed by atoms with van der Waals surface area (Å²) in [5.74, 6) is -1.54. The van der Waals surface area contributed by atoms with Crippen molar-refractivity contribution in [1.29, 1.82) is 0 Å². The van der Waals surface area contributed by atoms with Crippen molar-refractivity contribution in [2.75, 3.05) is 0 Å². The molecule has 16 heavy (non-hydrogen) atoms. The van der Waals surface area contributed by atoms with Gasteiger partial charge < -0.3 is 10.1 Å². The smallest absolute Gasteiger partial charge is 0.352 e. The topological polar surface area (TPSA) is 53.1 Å². The number of carbonyl (C=O) groups is 1. The maximum absolute atomic E-state index is 12.8. The SMILES string of the molecule is O=C(O)c1[nH]ccc1-c1ccc(F)cc1Cl. The van der Waals surface area contributed by atoms with Crippen LogP contribution in [0.2, 0.25) is 5.02 Å². The molecule has 0 aliphatic rings. The van der Waals surface area contributed by atoms with E-state index in [1.807, 2.05) is 0 Å². The van der Waals surface area contributed by atoms with E-state index in [0.717, 1.165) is 6.07 Å². The van der Waals surface area contributed by atoms with Crippen LogP contribution in [0.3, 0.4) is 0 Å². The average Bonchev–Trinajstić information content (AvgIpc) is 2.66. The molecule has 5 heteroatoms.